The maximum atomic E-state index is 13.5. The lowest BCUT2D eigenvalue weighted by Gasteiger charge is -2.33. The van der Waals surface area contributed by atoms with Crippen LogP contribution in [0.4, 0.5) is 4.39 Å². The molecule has 1 aromatic rings. The predicted octanol–water partition coefficient (Wildman–Crippen LogP) is 3.04. The quantitative estimate of drug-likeness (QED) is 0.873. The summed E-state index contributed by atoms with van der Waals surface area (Å²) in [6, 6.07) is 5.20. The van der Waals surface area contributed by atoms with Crippen LogP contribution in [-0.4, -0.2) is 37.7 Å². The number of nitrogens with one attached hydrogen (secondary N) is 1. The van der Waals surface area contributed by atoms with Gasteiger partial charge in [-0.15, -0.1) is 0 Å². The summed E-state index contributed by atoms with van der Waals surface area (Å²) in [5, 5.41) is 3.40. The highest BCUT2D eigenvalue weighted by Crippen LogP contribution is 2.23. The van der Waals surface area contributed by atoms with Crippen LogP contribution in [0.5, 0.6) is 5.75 Å². The van der Waals surface area contributed by atoms with Gasteiger partial charge >= 0.3 is 0 Å². The Labute approximate surface area is 127 Å². The van der Waals surface area contributed by atoms with Crippen molar-refractivity contribution in [3.8, 4) is 5.75 Å². The van der Waals surface area contributed by atoms with Crippen LogP contribution in [0.1, 0.15) is 32.3 Å². The number of benzene rings is 1. The Morgan fingerprint density at radius 3 is 2.67 bits per heavy atom. The van der Waals surface area contributed by atoms with Crippen LogP contribution in [0, 0.1) is 11.7 Å². The summed E-state index contributed by atoms with van der Waals surface area (Å²) in [6.07, 6.45) is 2.45. The van der Waals surface area contributed by atoms with E-state index >= 15 is 0 Å². The lowest BCUT2D eigenvalue weighted by atomic mass is 9.96. The second kappa shape index (κ2) is 7.76. The third-order valence-electron chi connectivity index (χ3n) is 4.30. The van der Waals surface area contributed by atoms with Crippen LogP contribution in [0.15, 0.2) is 18.2 Å². The molecule has 1 aromatic carbocycles. The minimum absolute atomic E-state index is 0.198. The first-order valence-corrected chi connectivity index (χ1v) is 7.87. The van der Waals surface area contributed by atoms with E-state index in [0.717, 1.165) is 43.4 Å². The summed E-state index contributed by atoms with van der Waals surface area (Å²) in [4.78, 5) is 2.42. The molecule has 0 aliphatic carbocycles. The largest absolute Gasteiger partial charge is 0.496 e. The van der Waals surface area contributed by atoms with Crippen LogP contribution in [0.2, 0.25) is 0 Å². The molecule has 1 heterocycles. The molecule has 4 heteroatoms. The van der Waals surface area contributed by atoms with Crippen LogP contribution in [0.25, 0.3) is 0 Å². The molecule has 118 valence electrons. The lowest BCUT2D eigenvalue weighted by molar-refractivity contribution is 0.160. The molecule has 2 rings (SSSR count). The van der Waals surface area contributed by atoms with E-state index < -0.39 is 0 Å². The summed E-state index contributed by atoms with van der Waals surface area (Å²) >= 11 is 0. The van der Waals surface area contributed by atoms with Gasteiger partial charge in [0.05, 0.1) is 7.11 Å². The van der Waals surface area contributed by atoms with Crippen LogP contribution in [0.3, 0.4) is 0 Å². The molecule has 0 spiro atoms. The Morgan fingerprint density at radius 2 is 2.05 bits per heavy atom. The van der Waals surface area contributed by atoms with Crippen molar-refractivity contribution in [3.05, 3.63) is 29.6 Å². The number of nitrogens with zero attached hydrogens (tertiary/aromatic N) is 1. The smallest absolute Gasteiger partial charge is 0.123 e. The normalized spacial score (nSPS) is 16.7. The van der Waals surface area contributed by atoms with E-state index in [4.69, 9.17) is 4.74 Å². The lowest BCUT2D eigenvalue weighted by Crippen LogP contribution is -2.39. The highest BCUT2D eigenvalue weighted by atomic mass is 19.1. The predicted molar refractivity (Wildman–Crippen MR) is 84.1 cm³/mol. The zero-order valence-corrected chi connectivity index (χ0v) is 13.4. The molecule has 0 aromatic heterocycles. The molecule has 0 amide bonds. The molecule has 21 heavy (non-hydrogen) atoms. The van der Waals surface area contributed by atoms with Crippen molar-refractivity contribution < 1.29 is 9.13 Å². The first-order valence-electron chi connectivity index (χ1n) is 7.87. The van der Waals surface area contributed by atoms with Gasteiger partial charge in [-0.05, 0) is 63.9 Å². The van der Waals surface area contributed by atoms with Crippen LogP contribution >= 0.6 is 0 Å². The van der Waals surface area contributed by atoms with E-state index in [-0.39, 0.29) is 5.82 Å². The Hall–Kier alpha value is -1.13. The van der Waals surface area contributed by atoms with Gasteiger partial charge in [-0.3, -0.25) is 4.90 Å². The van der Waals surface area contributed by atoms with Gasteiger partial charge < -0.3 is 10.1 Å². The highest BCUT2D eigenvalue weighted by molar-refractivity contribution is 5.33. The summed E-state index contributed by atoms with van der Waals surface area (Å²) in [5.41, 5.74) is 0.931. The minimum Gasteiger partial charge on any atom is -0.496 e. The third-order valence-corrected chi connectivity index (χ3v) is 4.30. The van der Waals surface area contributed by atoms with Gasteiger partial charge in [0.15, 0.2) is 0 Å². The zero-order valence-electron chi connectivity index (χ0n) is 13.4. The summed E-state index contributed by atoms with van der Waals surface area (Å²) in [7, 11) is 1.64. The van der Waals surface area contributed by atoms with Crippen LogP contribution < -0.4 is 10.1 Å². The topological polar surface area (TPSA) is 24.5 Å². The van der Waals surface area contributed by atoms with E-state index in [0.29, 0.717) is 6.04 Å². The third kappa shape index (κ3) is 4.68. The number of hydrogen-bond donors (Lipinski definition) is 1. The fourth-order valence-electron chi connectivity index (χ4n) is 2.94. The minimum atomic E-state index is -0.198. The van der Waals surface area contributed by atoms with Gasteiger partial charge in [-0.25, -0.2) is 4.39 Å². The maximum absolute atomic E-state index is 13.5. The molecule has 1 saturated heterocycles. The molecule has 0 saturated carbocycles. The molecule has 0 unspecified atom stereocenters. The van der Waals surface area contributed by atoms with Gasteiger partial charge in [0, 0.05) is 24.7 Å². The van der Waals surface area contributed by atoms with Crippen molar-refractivity contribution in [2.75, 3.05) is 26.7 Å². The van der Waals surface area contributed by atoms with Crippen LogP contribution in [-0.2, 0) is 6.54 Å². The average Bonchev–Trinajstić information content (AvgIpc) is 2.48. The summed E-state index contributed by atoms with van der Waals surface area (Å²) in [5.74, 6) is 1.30. The number of halogens is 1. The number of ether oxygens (including phenoxy) is 1. The van der Waals surface area contributed by atoms with Gasteiger partial charge in [0.1, 0.15) is 11.6 Å². The summed E-state index contributed by atoms with van der Waals surface area (Å²) < 4.78 is 18.9. The molecule has 1 aliphatic rings. The molecular formula is C17H27FN2O. The second-order valence-corrected chi connectivity index (χ2v) is 6.17. The molecule has 3 nitrogen and oxygen atoms in total. The number of piperidine rings is 1. The van der Waals surface area contributed by atoms with Gasteiger partial charge in [-0.2, -0.15) is 0 Å². The fraction of sp³-hybridized carbons (Fsp3) is 0.647. The van der Waals surface area contributed by atoms with E-state index in [9.17, 15) is 4.39 Å². The molecule has 0 radical (unpaired) electrons. The standard InChI is InChI=1S/C17H27FN2O/c1-13(2)20(11-14-6-8-19-9-7-14)12-15-10-16(18)4-5-17(15)21-3/h4-5,10,13-14,19H,6-9,11-12H2,1-3H3. The van der Waals surface area contributed by atoms with Crippen molar-refractivity contribution >= 4 is 0 Å². The van der Waals surface area contributed by atoms with Gasteiger partial charge in [0.2, 0.25) is 0 Å². The number of rotatable bonds is 6. The van der Waals surface area contributed by atoms with Crippen molar-refractivity contribution in [3.63, 3.8) is 0 Å². The van der Waals surface area contributed by atoms with Crippen molar-refractivity contribution in [1.29, 1.82) is 0 Å². The number of hydrogen-bond acceptors (Lipinski definition) is 3. The first-order chi connectivity index (χ1) is 10.1. The number of methoxy groups -OCH3 is 1. The monoisotopic (exact) mass is 294 g/mol. The SMILES string of the molecule is COc1ccc(F)cc1CN(CC1CCNCC1)C(C)C. The molecule has 0 atom stereocenters. The van der Waals surface area contributed by atoms with E-state index in [1.807, 2.05) is 0 Å². The van der Waals surface area contributed by atoms with Crippen molar-refractivity contribution in [1.82, 2.24) is 10.2 Å². The molecule has 1 fully saturated rings. The van der Waals surface area contributed by atoms with Crippen molar-refractivity contribution in [2.24, 2.45) is 5.92 Å². The first kappa shape index (κ1) is 16.2. The molecular weight excluding hydrogens is 267 g/mol. The Kier molecular flexibility index (Phi) is 6.00. The Bertz CT molecular complexity index is 444. The maximum Gasteiger partial charge on any atom is 0.123 e. The Balaban J connectivity index is 2.06. The second-order valence-electron chi connectivity index (χ2n) is 6.17. The van der Waals surface area contributed by atoms with Gasteiger partial charge in [0.25, 0.3) is 0 Å². The average molecular weight is 294 g/mol. The Morgan fingerprint density at radius 1 is 1.33 bits per heavy atom. The molecule has 0 bridgehead atoms. The summed E-state index contributed by atoms with van der Waals surface area (Å²) in [6.45, 7) is 8.43. The van der Waals surface area contributed by atoms with E-state index in [2.05, 4.69) is 24.1 Å². The molecule has 1 N–H and O–H groups in total. The van der Waals surface area contributed by atoms with E-state index in [1.54, 1.807) is 19.2 Å². The molecule has 1 aliphatic heterocycles. The van der Waals surface area contributed by atoms with Gasteiger partial charge in [-0.1, -0.05) is 0 Å². The zero-order chi connectivity index (χ0) is 15.2. The highest BCUT2D eigenvalue weighted by Gasteiger charge is 2.20. The van der Waals surface area contributed by atoms with Crippen molar-refractivity contribution in [2.45, 2.75) is 39.3 Å². The van der Waals surface area contributed by atoms with E-state index in [1.165, 1.54) is 18.9 Å². The fourth-order valence-corrected chi connectivity index (χ4v) is 2.94.